The molecule has 1 rings (SSSR count). The standard InChI is InChI=1S/C15H20O5/c1-4-15(2,3)14(19)20-9-10-5-7-11(8-6-10)12(16)13(17)18/h5-8,12,16H,4,9H2,1-3H3,(H,17,18). The number of benzene rings is 1. The summed E-state index contributed by atoms with van der Waals surface area (Å²) in [6.45, 7) is 5.69. The van der Waals surface area contributed by atoms with Crippen LogP contribution in [0.3, 0.4) is 0 Å². The minimum absolute atomic E-state index is 0.131. The Hall–Kier alpha value is -1.88. The molecule has 110 valence electrons. The second-order valence-electron chi connectivity index (χ2n) is 5.30. The van der Waals surface area contributed by atoms with E-state index in [-0.39, 0.29) is 12.6 Å². The quantitative estimate of drug-likeness (QED) is 0.781. The van der Waals surface area contributed by atoms with Gasteiger partial charge in [-0.05, 0) is 31.4 Å². The lowest BCUT2D eigenvalue weighted by Gasteiger charge is -2.20. The molecule has 0 spiro atoms. The van der Waals surface area contributed by atoms with Gasteiger partial charge < -0.3 is 14.9 Å². The molecule has 1 unspecified atom stereocenters. The van der Waals surface area contributed by atoms with Crippen molar-refractivity contribution in [2.24, 2.45) is 5.41 Å². The van der Waals surface area contributed by atoms with Crippen molar-refractivity contribution in [3.63, 3.8) is 0 Å². The van der Waals surface area contributed by atoms with Gasteiger partial charge in [0.15, 0.2) is 6.10 Å². The monoisotopic (exact) mass is 280 g/mol. The first-order chi connectivity index (χ1) is 9.27. The van der Waals surface area contributed by atoms with Crippen LogP contribution in [-0.4, -0.2) is 22.2 Å². The van der Waals surface area contributed by atoms with Gasteiger partial charge in [-0.3, -0.25) is 4.79 Å². The first-order valence-electron chi connectivity index (χ1n) is 6.45. The Balaban J connectivity index is 2.63. The smallest absolute Gasteiger partial charge is 0.337 e. The molecule has 0 saturated heterocycles. The largest absolute Gasteiger partial charge is 0.479 e. The lowest BCUT2D eigenvalue weighted by molar-refractivity contribution is -0.155. The summed E-state index contributed by atoms with van der Waals surface area (Å²) >= 11 is 0. The van der Waals surface area contributed by atoms with E-state index in [2.05, 4.69) is 0 Å². The van der Waals surface area contributed by atoms with E-state index in [4.69, 9.17) is 9.84 Å². The number of carboxylic acids is 1. The summed E-state index contributed by atoms with van der Waals surface area (Å²) in [7, 11) is 0. The molecule has 0 fully saturated rings. The van der Waals surface area contributed by atoms with Crippen molar-refractivity contribution < 1.29 is 24.5 Å². The fourth-order valence-electron chi connectivity index (χ4n) is 1.43. The van der Waals surface area contributed by atoms with Crippen LogP contribution in [0.5, 0.6) is 0 Å². The molecule has 1 atom stereocenters. The Kier molecular flexibility index (Phi) is 5.27. The Morgan fingerprint density at radius 3 is 2.25 bits per heavy atom. The normalized spacial score (nSPS) is 12.8. The zero-order valence-electron chi connectivity index (χ0n) is 11.9. The van der Waals surface area contributed by atoms with E-state index in [9.17, 15) is 14.7 Å². The van der Waals surface area contributed by atoms with Gasteiger partial charge in [-0.2, -0.15) is 0 Å². The van der Waals surface area contributed by atoms with Crippen molar-refractivity contribution in [2.75, 3.05) is 0 Å². The van der Waals surface area contributed by atoms with Crippen molar-refractivity contribution >= 4 is 11.9 Å². The topological polar surface area (TPSA) is 83.8 Å². The van der Waals surface area contributed by atoms with Crippen molar-refractivity contribution in [1.82, 2.24) is 0 Å². The van der Waals surface area contributed by atoms with Crippen LogP contribution in [0, 0.1) is 5.41 Å². The number of rotatable bonds is 6. The summed E-state index contributed by atoms with van der Waals surface area (Å²) in [5.41, 5.74) is 0.521. The van der Waals surface area contributed by atoms with Gasteiger partial charge in [-0.1, -0.05) is 31.2 Å². The van der Waals surface area contributed by atoms with Gasteiger partial charge >= 0.3 is 11.9 Å². The summed E-state index contributed by atoms with van der Waals surface area (Å²) in [6, 6.07) is 6.28. The molecular formula is C15H20O5. The van der Waals surface area contributed by atoms with Crippen LogP contribution < -0.4 is 0 Å². The highest BCUT2D eigenvalue weighted by atomic mass is 16.5. The molecule has 1 aromatic rings. The molecule has 0 radical (unpaired) electrons. The third-order valence-corrected chi connectivity index (χ3v) is 3.34. The lowest BCUT2D eigenvalue weighted by atomic mass is 9.91. The third-order valence-electron chi connectivity index (χ3n) is 3.34. The minimum atomic E-state index is -1.54. The number of hydrogen-bond acceptors (Lipinski definition) is 4. The van der Waals surface area contributed by atoms with Crippen LogP contribution in [0.2, 0.25) is 0 Å². The molecule has 0 bridgehead atoms. The SMILES string of the molecule is CCC(C)(C)C(=O)OCc1ccc(C(O)C(=O)O)cc1. The molecule has 0 amide bonds. The molecule has 0 aromatic heterocycles. The van der Waals surface area contributed by atoms with Crippen LogP contribution in [0.1, 0.15) is 44.4 Å². The predicted octanol–water partition coefficient (Wildman–Crippen LogP) is 2.28. The van der Waals surface area contributed by atoms with Gasteiger partial charge in [0.2, 0.25) is 0 Å². The van der Waals surface area contributed by atoms with Gasteiger partial charge in [0.25, 0.3) is 0 Å². The van der Waals surface area contributed by atoms with Crippen molar-refractivity contribution in [3.05, 3.63) is 35.4 Å². The number of aliphatic carboxylic acids is 1. The first-order valence-corrected chi connectivity index (χ1v) is 6.45. The third kappa shape index (κ3) is 4.06. The van der Waals surface area contributed by atoms with E-state index >= 15 is 0 Å². The van der Waals surface area contributed by atoms with Crippen LogP contribution >= 0.6 is 0 Å². The van der Waals surface area contributed by atoms with E-state index in [1.54, 1.807) is 12.1 Å². The highest BCUT2D eigenvalue weighted by Crippen LogP contribution is 2.22. The molecular weight excluding hydrogens is 260 g/mol. The number of carboxylic acid groups (broad SMARTS) is 1. The fourth-order valence-corrected chi connectivity index (χ4v) is 1.43. The summed E-state index contributed by atoms with van der Waals surface area (Å²) < 4.78 is 5.21. The van der Waals surface area contributed by atoms with E-state index in [0.29, 0.717) is 12.0 Å². The minimum Gasteiger partial charge on any atom is -0.479 e. The first kappa shape index (κ1) is 16.2. The molecule has 2 N–H and O–H groups in total. The van der Waals surface area contributed by atoms with Crippen molar-refractivity contribution in [3.8, 4) is 0 Å². The number of carbonyl (C=O) groups excluding carboxylic acids is 1. The molecule has 0 heterocycles. The average Bonchev–Trinajstić information content (AvgIpc) is 2.44. The summed E-state index contributed by atoms with van der Waals surface area (Å²) in [5, 5.41) is 18.0. The summed E-state index contributed by atoms with van der Waals surface area (Å²) in [4.78, 5) is 22.4. The Bertz CT molecular complexity index is 476. The maximum absolute atomic E-state index is 11.8. The number of esters is 1. The average molecular weight is 280 g/mol. The second kappa shape index (κ2) is 6.52. The number of aliphatic hydroxyl groups excluding tert-OH is 1. The van der Waals surface area contributed by atoms with E-state index in [1.165, 1.54) is 12.1 Å². The van der Waals surface area contributed by atoms with Crippen molar-refractivity contribution in [2.45, 2.75) is 39.9 Å². The fraction of sp³-hybridized carbons (Fsp3) is 0.467. The molecule has 0 saturated carbocycles. The van der Waals surface area contributed by atoms with E-state index < -0.39 is 17.5 Å². The second-order valence-corrected chi connectivity index (χ2v) is 5.30. The van der Waals surface area contributed by atoms with Crippen LogP contribution in [0.15, 0.2) is 24.3 Å². The number of ether oxygens (including phenoxy) is 1. The molecule has 0 aliphatic heterocycles. The Morgan fingerprint density at radius 2 is 1.80 bits per heavy atom. The van der Waals surface area contributed by atoms with Gasteiger partial charge in [0, 0.05) is 0 Å². The van der Waals surface area contributed by atoms with Crippen LogP contribution in [-0.2, 0) is 20.9 Å². The van der Waals surface area contributed by atoms with Crippen LogP contribution in [0.25, 0.3) is 0 Å². The molecule has 5 nitrogen and oxygen atoms in total. The van der Waals surface area contributed by atoms with Crippen molar-refractivity contribution in [1.29, 1.82) is 0 Å². The van der Waals surface area contributed by atoms with E-state index in [0.717, 1.165) is 5.56 Å². The molecule has 20 heavy (non-hydrogen) atoms. The van der Waals surface area contributed by atoms with Crippen LogP contribution in [0.4, 0.5) is 0 Å². The molecule has 1 aromatic carbocycles. The highest BCUT2D eigenvalue weighted by molar-refractivity contribution is 5.76. The molecule has 5 heteroatoms. The maximum Gasteiger partial charge on any atom is 0.337 e. The zero-order valence-corrected chi connectivity index (χ0v) is 11.9. The van der Waals surface area contributed by atoms with Gasteiger partial charge in [0.05, 0.1) is 5.41 Å². The Labute approximate surface area is 118 Å². The zero-order chi connectivity index (χ0) is 15.3. The highest BCUT2D eigenvalue weighted by Gasteiger charge is 2.27. The van der Waals surface area contributed by atoms with Gasteiger partial charge in [0.1, 0.15) is 6.61 Å². The lowest BCUT2D eigenvalue weighted by Crippen LogP contribution is -2.25. The van der Waals surface area contributed by atoms with E-state index in [1.807, 2.05) is 20.8 Å². The maximum atomic E-state index is 11.8. The number of aliphatic hydroxyl groups is 1. The summed E-state index contributed by atoms with van der Waals surface area (Å²) in [5.74, 6) is -1.57. The van der Waals surface area contributed by atoms with Gasteiger partial charge in [-0.15, -0.1) is 0 Å². The molecule has 0 aliphatic carbocycles. The van der Waals surface area contributed by atoms with Gasteiger partial charge in [-0.25, -0.2) is 4.79 Å². The predicted molar refractivity (Wildman–Crippen MR) is 72.9 cm³/mol. The number of carbonyl (C=O) groups is 2. The number of hydrogen-bond donors (Lipinski definition) is 2. The Morgan fingerprint density at radius 1 is 1.25 bits per heavy atom. The molecule has 0 aliphatic rings. The summed E-state index contributed by atoms with van der Waals surface area (Å²) in [6.07, 6.45) is -0.846.